The van der Waals surface area contributed by atoms with Gasteiger partial charge in [-0.25, -0.2) is 0 Å². The van der Waals surface area contributed by atoms with Gasteiger partial charge in [-0.2, -0.15) is 0 Å². The van der Waals surface area contributed by atoms with E-state index >= 15 is 0 Å². The molecule has 0 radical (unpaired) electrons. The van der Waals surface area contributed by atoms with E-state index < -0.39 is 0 Å². The van der Waals surface area contributed by atoms with Crippen LogP contribution >= 0.6 is 0 Å². The highest BCUT2D eigenvalue weighted by molar-refractivity contribution is 4.83. The van der Waals surface area contributed by atoms with E-state index in [4.69, 9.17) is 6.42 Å². The minimum Gasteiger partial charge on any atom is -0.317 e. The zero-order valence-corrected chi connectivity index (χ0v) is 6.11. The summed E-state index contributed by atoms with van der Waals surface area (Å²) in [4.78, 5) is 0. The van der Waals surface area contributed by atoms with Gasteiger partial charge >= 0.3 is 0 Å². The van der Waals surface area contributed by atoms with E-state index in [-0.39, 0.29) is 0 Å². The number of nitrogens with one attached hydrogen (secondary N) is 1. The first-order chi connectivity index (χ1) is 4.41. The van der Waals surface area contributed by atoms with Gasteiger partial charge in [0.25, 0.3) is 0 Å². The Morgan fingerprint density at radius 1 is 1.44 bits per heavy atom. The second kappa shape index (κ2) is 7.52. The van der Waals surface area contributed by atoms with E-state index in [1.807, 2.05) is 0 Å². The fraction of sp³-hybridized carbons (Fsp3) is 0.750. The highest BCUT2D eigenvalue weighted by atomic mass is 14.8. The fourth-order valence-corrected chi connectivity index (χ4v) is 0.617. The summed E-state index contributed by atoms with van der Waals surface area (Å²) in [5, 5.41) is 3.27. The SMILES string of the molecule is C#CCCCNCCC. The molecule has 0 rings (SSSR count). The lowest BCUT2D eigenvalue weighted by Crippen LogP contribution is -2.15. The lowest BCUT2D eigenvalue weighted by Gasteiger charge is -1.97. The maximum absolute atomic E-state index is 5.07. The molecule has 0 aromatic carbocycles. The molecule has 0 heterocycles. The Morgan fingerprint density at radius 2 is 2.22 bits per heavy atom. The Labute approximate surface area is 57.8 Å². The molecule has 0 aromatic rings. The molecule has 0 aliphatic heterocycles. The normalized spacial score (nSPS) is 8.89. The minimum absolute atomic E-state index is 0.900. The van der Waals surface area contributed by atoms with Crippen molar-refractivity contribution >= 4 is 0 Å². The average Bonchev–Trinajstić information content (AvgIpc) is 1.89. The van der Waals surface area contributed by atoms with Crippen LogP contribution in [0.1, 0.15) is 26.2 Å². The van der Waals surface area contributed by atoms with Crippen LogP contribution in [0.5, 0.6) is 0 Å². The molecule has 0 saturated heterocycles. The Hall–Kier alpha value is -0.480. The lowest BCUT2D eigenvalue weighted by molar-refractivity contribution is 0.648. The summed E-state index contributed by atoms with van der Waals surface area (Å²) in [6, 6.07) is 0. The third-order valence-corrected chi connectivity index (χ3v) is 1.10. The predicted molar refractivity (Wildman–Crippen MR) is 41.2 cm³/mol. The zero-order chi connectivity index (χ0) is 6.95. The molecule has 0 aliphatic carbocycles. The molecule has 0 aliphatic rings. The fourth-order valence-electron chi connectivity index (χ4n) is 0.617. The van der Waals surface area contributed by atoms with Crippen molar-refractivity contribution in [1.82, 2.24) is 5.32 Å². The van der Waals surface area contributed by atoms with E-state index in [9.17, 15) is 0 Å². The standard InChI is InChI=1S/C8H15N/c1-3-5-6-8-9-7-4-2/h1,9H,4-8H2,2H3. The van der Waals surface area contributed by atoms with Crippen molar-refractivity contribution < 1.29 is 0 Å². The van der Waals surface area contributed by atoms with Crippen LogP contribution in [0, 0.1) is 12.3 Å². The molecule has 0 saturated carbocycles. The summed E-state index contributed by atoms with van der Waals surface area (Å²) in [7, 11) is 0. The smallest absolute Gasteiger partial charge is 0.00981 e. The van der Waals surface area contributed by atoms with Crippen LogP contribution in [0.4, 0.5) is 0 Å². The first-order valence-electron chi connectivity index (χ1n) is 3.56. The molecule has 1 N–H and O–H groups in total. The van der Waals surface area contributed by atoms with Crippen LogP contribution in [-0.4, -0.2) is 13.1 Å². The summed E-state index contributed by atoms with van der Waals surface area (Å²) < 4.78 is 0. The lowest BCUT2D eigenvalue weighted by atomic mass is 10.3. The monoisotopic (exact) mass is 125 g/mol. The highest BCUT2D eigenvalue weighted by Gasteiger charge is 1.82. The molecule has 0 amide bonds. The van der Waals surface area contributed by atoms with Gasteiger partial charge in [-0.05, 0) is 25.9 Å². The van der Waals surface area contributed by atoms with Gasteiger partial charge in [-0.3, -0.25) is 0 Å². The molecule has 0 unspecified atom stereocenters. The first-order valence-corrected chi connectivity index (χ1v) is 3.56. The molecule has 0 atom stereocenters. The van der Waals surface area contributed by atoms with E-state index in [2.05, 4.69) is 18.2 Å². The molecule has 52 valence electrons. The zero-order valence-electron chi connectivity index (χ0n) is 6.11. The number of terminal acetylenes is 1. The molecular weight excluding hydrogens is 110 g/mol. The van der Waals surface area contributed by atoms with Gasteiger partial charge in [-0.15, -0.1) is 12.3 Å². The first kappa shape index (κ1) is 8.52. The van der Waals surface area contributed by atoms with Crippen molar-refractivity contribution in [2.24, 2.45) is 0 Å². The summed E-state index contributed by atoms with van der Waals surface area (Å²) in [5.74, 6) is 2.60. The minimum atomic E-state index is 0.900. The topological polar surface area (TPSA) is 12.0 Å². The molecule has 0 bridgehead atoms. The van der Waals surface area contributed by atoms with Gasteiger partial charge in [0.2, 0.25) is 0 Å². The van der Waals surface area contributed by atoms with Gasteiger partial charge in [0.1, 0.15) is 0 Å². The third-order valence-electron chi connectivity index (χ3n) is 1.10. The quantitative estimate of drug-likeness (QED) is 0.432. The number of unbranched alkanes of at least 4 members (excludes halogenated alkanes) is 1. The number of hydrogen-bond donors (Lipinski definition) is 1. The third kappa shape index (κ3) is 7.52. The van der Waals surface area contributed by atoms with E-state index in [1.165, 1.54) is 6.42 Å². The predicted octanol–water partition coefficient (Wildman–Crippen LogP) is 1.40. The second-order valence-corrected chi connectivity index (χ2v) is 2.06. The largest absolute Gasteiger partial charge is 0.317 e. The number of rotatable bonds is 5. The van der Waals surface area contributed by atoms with Crippen LogP contribution in [-0.2, 0) is 0 Å². The maximum atomic E-state index is 5.07. The average molecular weight is 125 g/mol. The van der Waals surface area contributed by atoms with Gasteiger partial charge < -0.3 is 5.32 Å². The Kier molecular flexibility index (Phi) is 7.12. The van der Waals surface area contributed by atoms with Crippen LogP contribution in [0.15, 0.2) is 0 Å². The summed E-state index contributed by atoms with van der Waals surface area (Å²) in [5.41, 5.74) is 0. The Morgan fingerprint density at radius 3 is 2.78 bits per heavy atom. The van der Waals surface area contributed by atoms with Crippen molar-refractivity contribution in [1.29, 1.82) is 0 Å². The Bertz CT molecular complexity index is 81.1. The van der Waals surface area contributed by atoms with E-state index in [1.54, 1.807) is 0 Å². The highest BCUT2D eigenvalue weighted by Crippen LogP contribution is 1.82. The maximum Gasteiger partial charge on any atom is 0.00981 e. The van der Waals surface area contributed by atoms with Crippen molar-refractivity contribution in [3.63, 3.8) is 0 Å². The van der Waals surface area contributed by atoms with Crippen molar-refractivity contribution in [3.05, 3.63) is 0 Å². The van der Waals surface area contributed by atoms with Crippen LogP contribution < -0.4 is 5.32 Å². The molecule has 9 heavy (non-hydrogen) atoms. The van der Waals surface area contributed by atoms with E-state index in [0.29, 0.717) is 0 Å². The molecule has 1 heteroatoms. The summed E-state index contributed by atoms with van der Waals surface area (Å²) in [6.07, 6.45) is 8.28. The van der Waals surface area contributed by atoms with Crippen LogP contribution in [0.2, 0.25) is 0 Å². The van der Waals surface area contributed by atoms with E-state index in [0.717, 1.165) is 25.9 Å². The van der Waals surface area contributed by atoms with Crippen molar-refractivity contribution in [2.45, 2.75) is 26.2 Å². The molecule has 1 nitrogen and oxygen atoms in total. The molecule has 0 spiro atoms. The van der Waals surface area contributed by atoms with Gasteiger partial charge in [0.15, 0.2) is 0 Å². The number of hydrogen-bond acceptors (Lipinski definition) is 1. The molecular formula is C8H15N. The van der Waals surface area contributed by atoms with Crippen molar-refractivity contribution in [2.75, 3.05) is 13.1 Å². The van der Waals surface area contributed by atoms with Gasteiger partial charge in [-0.1, -0.05) is 6.92 Å². The second-order valence-electron chi connectivity index (χ2n) is 2.06. The summed E-state index contributed by atoms with van der Waals surface area (Å²) >= 11 is 0. The summed E-state index contributed by atoms with van der Waals surface area (Å²) in [6.45, 7) is 4.34. The molecule has 0 aromatic heterocycles. The van der Waals surface area contributed by atoms with Crippen molar-refractivity contribution in [3.8, 4) is 12.3 Å². The van der Waals surface area contributed by atoms with Crippen LogP contribution in [0.3, 0.4) is 0 Å². The molecule has 0 fully saturated rings. The Balaban J connectivity index is 2.69. The van der Waals surface area contributed by atoms with Gasteiger partial charge in [0.05, 0.1) is 0 Å². The van der Waals surface area contributed by atoms with Gasteiger partial charge in [0, 0.05) is 6.42 Å². The van der Waals surface area contributed by atoms with Crippen LogP contribution in [0.25, 0.3) is 0 Å².